The molecule has 0 aromatic carbocycles. The smallest absolute Gasteiger partial charge is 0.307 e. The summed E-state index contributed by atoms with van der Waals surface area (Å²) in [6.07, 6.45) is 8.25. The van der Waals surface area contributed by atoms with E-state index in [1.54, 1.807) is 6.08 Å². The minimum Gasteiger partial charge on any atom is -0.481 e. The molecule has 39 heavy (non-hydrogen) atoms. The molecule has 8 atom stereocenters. The molecule has 0 aromatic heterocycles. The molecule has 0 saturated heterocycles. The number of ether oxygens (including phenoxy) is 1. The lowest BCUT2D eigenvalue weighted by Crippen LogP contribution is -2.66. The summed E-state index contributed by atoms with van der Waals surface area (Å²) in [5.74, 6) is -3.16. The molecule has 0 radical (unpaired) electrons. The lowest BCUT2D eigenvalue weighted by molar-refractivity contribution is -0.205. The van der Waals surface area contributed by atoms with Crippen molar-refractivity contribution in [3.8, 4) is 0 Å². The van der Waals surface area contributed by atoms with E-state index in [0.717, 1.165) is 30.4 Å². The van der Waals surface area contributed by atoms with Gasteiger partial charge in [0.1, 0.15) is 0 Å². The molecule has 7 heteroatoms. The van der Waals surface area contributed by atoms with Crippen LogP contribution in [0.15, 0.2) is 34.9 Å². The van der Waals surface area contributed by atoms with Gasteiger partial charge in [0.15, 0.2) is 11.9 Å². The summed E-state index contributed by atoms with van der Waals surface area (Å²) >= 11 is 0. The minimum atomic E-state index is -1.07. The number of Topliss-reactive ketones (excluding diaryl/α,β-unsaturated/α-hetero) is 2. The zero-order valence-electron chi connectivity index (χ0n) is 23.9. The largest absolute Gasteiger partial charge is 0.481 e. The van der Waals surface area contributed by atoms with Crippen LogP contribution in [0.2, 0.25) is 0 Å². The fourth-order valence-electron chi connectivity index (χ4n) is 9.13. The van der Waals surface area contributed by atoms with Gasteiger partial charge in [-0.05, 0) is 66.1 Å². The van der Waals surface area contributed by atoms with Crippen LogP contribution < -0.4 is 0 Å². The number of ketones is 3. The Morgan fingerprint density at radius 3 is 2.33 bits per heavy atom. The molecule has 5 aliphatic rings. The van der Waals surface area contributed by atoms with Crippen molar-refractivity contribution in [1.29, 1.82) is 0 Å². The van der Waals surface area contributed by atoms with E-state index in [2.05, 4.69) is 33.8 Å². The summed E-state index contributed by atoms with van der Waals surface area (Å²) < 4.78 is 5.83. The third kappa shape index (κ3) is 3.71. The molecular weight excluding hydrogens is 496 g/mol. The lowest BCUT2D eigenvalue weighted by atomic mass is 9.34. The maximum Gasteiger partial charge on any atom is 0.307 e. The average Bonchev–Trinajstić information content (AvgIpc) is 2.87. The highest BCUT2D eigenvalue weighted by Gasteiger charge is 2.69. The fourth-order valence-corrected chi connectivity index (χ4v) is 9.13. The molecule has 0 heterocycles. The minimum absolute atomic E-state index is 0.0701. The fraction of sp³-hybridized carbons (Fsp3) is 0.656. The number of allylic oxidation sites excluding steroid dienone is 6. The normalized spacial score (nSPS) is 43.1. The Morgan fingerprint density at radius 1 is 0.974 bits per heavy atom. The predicted molar refractivity (Wildman–Crippen MR) is 143 cm³/mol. The van der Waals surface area contributed by atoms with Gasteiger partial charge in [0.2, 0.25) is 11.6 Å². The van der Waals surface area contributed by atoms with Gasteiger partial charge in [-0.3, -0.25) is 24.0 Å². The van der Waals surface area contributed by atoms with Gasteiger partial charge in [0.25, 0.3) is 0 Å². The summed E-state index contributed by atoms with van der Waals surface area (Å²) in [4.78, 5) is 62.2. The molecule has 8 unspecified atom stereocenters. The molecule has 5 aliphatic carbocycles. The van der Waals surface area contributed by atoms with Gasteiger partial charge in [-0.1, -0.05) is 59.3 Å². The van der Waals surface area contributed by atoms with Crippen LogP contribution in [0.3, 0.4) is 0 Å². The van der Waals surface area contributed by atoms with Crippen LogP contribution in [-0.2, 0) is 28.7 Å². The summed E-state index contributed by atoms with van der Waals surface area (Å²) in [7, 11) is 0. The summed E-state index contributed by atoms with van der Waals surface area (Å²) in [6, 6.07) is 0. The molecule has 210 valence electrons. The van der Waals surface area contributed by atoms with E-state index < -0.39 is 35.2 Å². The molecule has 3 saturated carbocycles. The number of esters is 1. The Balaban J connectivity index is 1.55. The van der Waals surface area contributed by atoms with E-state index in [1.165, 1.54) is 5.57 Å². The molecule has 1 N–H and O–H groups in total. The van der Waals surface area contributed by atoms with Crippen LogP contribution in [0.25, 0.3) is 0 Å². The number of carboxylic acids is 1. The summed E-state index contributed by atoms with van der Waals surface area (Å²) in [5.41, 5.74) is 1.89. The number of carboxylic acid groups (broad SMARTS) is 1. The van der Waals surface area contributed by atoms with E-state index in [-0.39, 0.29) is 52.5 Å². The first-order valence-corrected chi connectivity index (χ1v) is 14.3. The second-order valence-corrected chi connectivity index (χ2v) is 13.7. The number of aliphatic carboxylic acids is 1. The molecule has 0 aromatic rings. The highest BCUT2D eigenvalue weighted by molar-refractivity contribution is 6.44. The van der Waals surface area contributed by atoms with Crippen molar-refractivity contribution in [3.63, 3.8) is 0 Å². The van der Waals surface area contributed by atoms with Gasteiger partial charge < -0.3 is 9.84 Å². The number of hydrogen-bond donors (Lipinski definition) is 1. The van der Waals surface area contributed by atoms with Crippen LogP contribution in [0.1, 0.15) is 86.5 Å². The van der Waals surface area contributed by atoms with E-state index >= 15 is 0 Å². The second kappa shape index (κ2) is 8.84. The highest BCUT2D eigenvalue weighted by atomic mass is 16.5. The monoisotopic (exact) mass is 536 g/mol. The third-order valence-corrected chi connectivity index (χ3v) is 11.8. The zero-order chi connectivity index (χ0) is 28.7. The van der Waals surface area contributed by atoms with E-state index in [9.17, 15) is 24.0 Å². The Labute approximate surface area is 230 Å². The topological polar surface area (TPSA) is 115 Å². The van der Waals surface area contributed by atoms with Crippen LogP contribution >= 0.6 is 0 Å². The summed E-state index contributed by atoms with van der Waals surface area (Å²) in [6.45, 7) is 12.7. The van der Waals surface area contributed by atoms with Crippen LogP contribution in [-0.4, -0.2) is 40.5 Å². The molecule has 3 fully saturated rings. The Hall–Kier alpha value is -2.83. The molecule has 0 amide bonds. The number of carbonyl (C=O) groups is 5. The van der Waals surface area contributed by atoms with Crippen molar-refractivity contribution >= 4 is 29.3 Å². The van der Waals surface area contributed by atoms with E-state index in [1.807, 2.05) is 19.9 Å². The molecule has 0 bridgehead atoms. The predicted octanol–water partition coefficient (Wildman–Crippen LogP) is 5.18. The molecular formula is C32H40O7. The lowest BCUT2D eigenvalue weighted by Gasteiger charge is -2.69. The molecule has 7 nitrogen and oxygen atoms in total. The first-order valence-electron chi connectivity index (χ1n) is 14.3. The molecule has 0 spiro atoms. The van der Waals surface area contributed by atoms with Crippen molar-refractivity contribution in [2.45, 2.75) is 92.6 Å². The SMILES string of the molecule is CC1CC2C(C)(CCC3(C)C4=CC=C5C(=CC(=O)C(=O)C5C)C4(C)CCC23C)C(OC(=O)CCC(=O)O)C1=O. The van der Waals surface area contributed by atoms with Gasteiger partial charge >= 0.3 is 11.9 Å². The maximum absolute atomic E-state index is 13.4. The number of hydrogen-bond acceptors (Lipinski definition) is 6. The Bertz CT molecular complexity index is 1280. The average molecular weight is 537 g/mol. The third-order valence-electron chi connectivity index (χ3n) is 11.8. The van der Waals surface area contributed by atoms with Crippen molar-refractivity contribution in [2.24, 2.45) is 39.4 Å². The van der Waals surface area contributed by atoms with E-state index in [4.69, 9.17) is 9.84 Å². The zero-order valence-corrected chi connectivity index (χ0v) is 23.9. The Morgan fingerprint density at radius 2 is 1.67 bits per heavy atom. The maximum atomic E-state index is 13.4. The van der Waals surface area contributed by atoms with Crippen LogP contribution in [0.5, 0.6) is 0 Å². The second-order valence-electron chi connectivity index (χ2n) is 13.7. The van der Waals surface area contributed by atoms with Gasteiger partial charge in [0.05, 0.1) is 12.8 Å². The standard InChI is InChI=1S/C32H40O7/c1-17-15-23-30(4,28(26(17)37)39-25(36)10-9-24(34)35)12-14-31(5)22-8-7-19-18(2)27(38)21(33)16-20(19)29(22,3)11-13-32(23,31)6/h7-8,16-18,23,28H,9-15H2,1-6H3,(H,34,35). The number of fused-ring (bicyclic) bond motifs is 7. The molecule has 0 aliphatic heterocycles. The van der Waals surface area contributed by atoms with Crippen molar-refractivity contribution < 1.29 is 33.8 Å². The first-order chi connectivity index (χ1) is 18.1. The first kappa shape index (κ1) is 27.7. The van der Waals surface area contributed by atoms with Gasteiger partial charge in [0, 0.05) is 22.7 Å². The van der Waals surface area contributed by atoms with Crippen molar-refractivity contribution in [2.75, 3.05) is 0 Å². The van der Waals surface area contributed by atoms with Gasteiger partial charge in [-0.25, -0.2) is 0 Å². The van der Waals surface area contributed by atoms with Crippen molar-refractivity contribution in [3.05, 3.63) is 34.9 Å². The summed E-state index contributed by atoms with van der Waals surface area (Å²) in [5, 5.41) is 9.00. The van der Waals surface area contributed by atoms with Gasteiger partial charge in [-0.15, -0.1) is 0 Å². The van der Waals surface area contributed by atoms with Crippen LogP contribution in [0.4, 0.5) is 0 Å². The number of rotatable bonds is 4. The van der Waals surface area contributed by atoms with Gasteiger partial charge in [-0.2, -0.15) is 0 Å². The highest BCUT2D eigenvalue weighted by Crippen LogP contribution is 2.74. The molecule has 5 rings (SSSR count). The van der Waals surface area contributed by atoms with Crippen molar-refractivity contribution in [1.82, 2.24) is 0 Å². The Kier molecular flexibility index (Phi) is 6.28. The van der Waals surface area contributed by atoms with Crippen LogP contribution in [0, 0.1) is 39.4 Å². The number of carbonyl (C=O) groups excluding carboxylic acids is 4. The quantitative estimate of drug-likeness (QED) is 0.389. The van der Waals surface area contributed by atoms with E-state index in [0.29, 0.717) is 12.8 Å².